The standard InChI is InChI=1S/C14H9Cl3F3N/c15-9-2-1-8(13(17)5-9)7-21-10-3-4-12(16)11(6-10)14(18,19)20/h1-6,21H,7H2. The van der Waals surface area contributed by atoms with Gasteiger partial charge in [0.25, 0.3) is 0 Å². The van der Waals surface area contributed by atoms with Gasteiger partial charge in [0.15, 0.2) is 0 Å². The van der Waals surface area contributed by atoms with Crippen molar-refractivity contribution < 1.29 is 13.2 Å². The normalized spacial score (nSPS) is 11.5. The van der Waals surface area contributed by atoms with Crippen molar-refractivity contribution in [3.63, 3.8) is 0 Å². The molecule has 0 amide bonds. The lowest BCUT2D eigenvalue weighted by Gasteiger charge is -2.13. The molecule has 2 aromatic rings. The first kappa shape index (κ1) is 16.3. The minimum atomic E-state index is -4.49. The Bertz CT molecular complexity index is 656. The maximum Gasteiger partial charge on any atom is 0.417 e. The van der Waals surface area contributed by atoms with Crippen LogP contribution in [0.15, 0.2) is 36.4 Å². The molecule has 112 valence electrons. The molecular formula is C14H9Cl3F3N. The van der Waals surface area contributed by atoms with Crippen LogP contribution in [-0.2, 0) is 12.7 Å². The summed E-state index contributed by atoms with van der Waals surface area (Å²) in [6, 6.07) is 8.58. The van der Waals surface area contributed by atoms with Crippen molar-refractivity contribution in [1.29, 1.82) is 0 Å². The van der Waals surface area contributed by atoms with Crippen molar-refractivity contribution in [2.24, 2.45) is 0 Å². The average molecular weight is 355 g/mol. The Morgan fingerprint density at radius 2 is 1.62 bits per heavy atom. The number of benzene rings is 2. The second-order valence-electron chi connectivity index (χ2n) is 4.28. The van der Waals surface area contributed by atoms with E-state index in [9.17, 15) is 13.2 Å². The molecule has 0 bridgehead atoms. The Balaban J connectivity index is 2.17. The molecule has 0 saturated carbocycles. The van der Waals surface area contributed by atoms with Crippen LogP contribution in [0.2, 0.25) is 15.1 Å². The molecule has 0 spiro atoms. The lowest BCUT2D eigenvalue weighted by molar-refractivity contribution is -0.137. The summed E-state index contributed by atoms with van der Waals surface area (Å²) < 4.78 is 38.3. The highest BCUT2D eigenvalue weighted by atomic mass is 35.5. The van der Waals surface area contributed by atoms with Crippen molar-refractivity contribution in [3.8, 4) is 0 Å². The van der Waals surface area contributed by atoms with E-state index in [0.29, 0.717) is 15.7 Å². The van der Waals surface area contributed by atoms with Crippen LogP contribution in [0.5, 0.6) is 0 Å². The lowest BCUT2D eigenvalue weighted by atomic mass is 10.1. The number of hydrogen-bond acceptors (Lipinski definition) is 1. The van der Waals surface area contributed by atoms with Crippen molar-refractivity contribution in [2.75, 3.05) is 5.32 Å². The third kappa shape index (κ3) is 4.19. The van der Waals surface area contributed by atoms with Gasteiger partial charge < -0.3 is 5.32 Å². The van der Waals surface area contributed by atoms with E-state index in [4.69, 9.17) is 34.8 Å². The third-order valence-corrected chi connectivity index (χ3v) is 3.69. The Labute approximate surface area is 134 Å². The largest absolute Gasteiger partial charge is 0.417 e. The van der Waals surface area contributed by atoms with Gasteiger partial charge in [0, 0.05) is 22.3 Å². The molecule has 1 N–H and O–H groups in total. The molecule has 0 fully saturated rings. The molecule has 2 rings (SSSR count). The van der Waals surface area contributed by atoms with E-state index in [2.05, 4.69) is 5.32 Å². The molecule has 0 radical (unpaired) electrons. The van der Waals surface area contributed by atoms with Crippen molar-refractivity contribution in [1.82, 2.24) is 0 Å². The predicted molar refractivity (Wildman–Crippen MR) is 80.2 cm³/mol. The highest BCUT2D eigenvalue weighted by Gasteiger charge is 2.33. The molecule has 0 aromatic heterocycles. The van der Waals surface area contributed by atoms with Crippen LogP contribution in [0.3, 0.4) is 0 Å². The van der Waals surface area contributed by atoms with Gasteiger partial charge in [-0.15, -0.1) is 0 Å². The van der Waals surface area contributed by atoms with Crippen LogP contribution in [0.4, 0.5) is 18.9 Å². The summed E-state index contributed by atoms with van der Waals surface area (Å²) in [6.45, 7) is 0.273. The molecule has 0 heterocycles. The van der Waals surface area contributed by atoms with Crippen LogP contribution < -0.4 is 5.32 Å². The fraction of sp³-hybridized carbons (Fsp3) is 0.143. The molecule has 2 aromatic carbocycles. The first-order chi connectivity index (χ1) is 9.77. The van der Waals surface area contributed by atoms with Crippen LogP contribution in [0.25, 0.3) is 0 Å². The fourth-order valence-electron chi connectivity index (χ4n) is 1.71. The van der Waals surface area contributed by atoms with Gasteiger partial charge in [-0.3, -0.25) is 0 Å². The zero-order valence-corrected chi connectivity index (χ0v) is 12.7. The molecule has 0 atom stereocenters. The number of hydrogen-bond donors (Lipinski definition) is 1. The number of anilines is 1. The van der Waals surface area contributed by atoms with E-state index in [-0.39, 0.29) is 11.6 Å². The van der Waals surface area contributed by atoms with E-state index in [1.807, 2.05) is 0 Å². The summed E-state index contributed by atoms with van der Waals surface area (Å²) >= 11 is 17.3. The molecule has 0 aliphatic rings. The summed E-state index contributed by atoms with van der Waals surface area (Å²) in [7, 11) is 0. The number of rotatable bonds is 3. The van der Waals surface area contributed by atoms with E-state index >= 15 is 0 Å². The van der Waals surface area contributed by atoms with Gasteiger partial charge in [0.05, 0.1) is 10.6 Å². The van der Waals surface area contributed by atoms with Gasteiger partial charge in [-0.1, -0.05) is 40.9 Å². The van der Waals surface area contributed by atoms with Crippen LogP contribution in [-0.4, -0.2) is 0 Å². The maximum absolute atomic E-state index is 12.8. The second kappa shape index (κ2) is 6.34. The summed E-state index contributed by atoms with van der Waals surface area (Å²) in [5, 5.41) is 3.48. The van der Waals surface area contributed by atoms with Gasteiger partial charge in [-0.05, 0) is 35.9 Å². The smallest absolute Gasteiger partial charge is 0.381 e. The minimum Gasteiger partial charge on any atom is -0.381 e. The summed E-state index contributed by atoms with van der Waals surface area (Å²) in [5.41, 5.74) is 0.152. The Morgan fingerprint density at radius 3 is 2.24 bits per heavy atom. The maximum atomic E-state index is 12.8. The van der Waals surface area contributed by atoms with Crippen LogP contribution in [0.1, 0.15) is 11.1 Å². The molecule has 21 heavy (non-hydrogen) atoms. The van der Waals surface area contributed by atoms with Gasteiger partial charge >= 0.3 is 6.18 Å². The monoisotopic (exact) mass is 353 g/mol. The van der Waals surface area contributed by atoms with Gasteiger partial charge in [0.2, 0.25) is 0 Å². The van der Waals surface area contributed by atoms with Crippen molar-refractivity contribution in [3.05, 3.63) is 62.6 Å². The lowest BCUT2D eigenvalue weighted by Crippen LogP contribution is -2.07. The highest BCUT2D eigenvalue weighted by molar-refractivity contribution is 6.35. The fourth-order valence-corrected chi connectivity index (χ4v) is 2.41. The van der Waals surface area contributed by atoms with Crippen LogP contribution in [0, 0.1) is 0 Å². The second-order valence-corrected chi connectivity index (χ2v) is 5.53. The molecule has 0 aliphatic carbocycles. The molecular weight excluding hydrogens is 346 g/mol. The SMILES string of the molecule is FC(F)(F)c1cc(NCc2ccc(Cl)cc2Cl)ccc1Cl. The van der Waals surface area contributed by atoms with E-state index in [0.717, 1.165) is 11.6 Å². The number of nitrogens with one attached hydrogen (secondary N) is 1. The topological polar surface area (TPSA) is 12.0 Å². The van der Waals surface area contributed by atoms with Crippen molar-refractivity contribution >= 4 is 40.5 Å². The predicted octanol–water partition coefficient (Wildman–Crippen LogP) is 6.28. The van der Waals surface area contributed by atoms with E-state index < -0.39 is 11.7 Å². The summed E-state index contributed by atoms with van der Waals surface area (Å²) in [5.74, 6) is 0. The Morgan fingerprint density at radius 1 is 0.905 bits per heavy atom. The van der Waals surface area contributed by atoms with Gasteiger partial charge in [0.1, 0.15) is 0 Å². The number of halogens is 6. The quantitative estimate of drug-likeness (QED) is 0.684. The molecule has 0 unspecified atom stereocenters. The highest BCUT2D eigenvalue weighted by Crippen LogP contribution is 2.36. The Hall–Kier alpha value is -1.10. The minimum absolute atomic E-state index is 0.273. The molecule has 0 saturated heterocycles. The molecule has 7 heteroatoms. The van der Waals surface area contributed by atoms with Crippen molar-refractivity contribution in [2.45, 2.75) is 12.7 Å². The van der Waals surface area contributed by atoms with E-state index in [1.165, 1.54) is 12.1 Å². The summed E-state index contributed by atoms with van der Waals surface area (Å²) in [4.78, 5) is 0. The third-order valence-electron chi connectivity index (χ3n) is 2.77. The van der Waals surface area contributed by atoms with Crippen LogP contribution >= 0.6 is 34.8 Å². The first-order valence-corrected chi connectivity index (χ1v) is 6.95. The summed E-state index contributed by atoms with van der Waals surface area (Å²) in [6.07, 6.45) is -4.49. The molecule has 1 nitrogen and oxygen atoms in total. The average Bonchev–Trinajstić information content (AvgIpc) is 2.38. The van der Waals surface area contributed by atoms with E-state index in [1.54, 1.807) is 18.2 Å². The zero-order valence-electron chi connectivity index (χ0n) is 10.4. The Kier molecular flexibility index (Phi) is 4.91. The zero-order chi connectivity index (χ0) is 15.6. The number of alkyl halides is 3. The molecule has 0 aliphatic heterocycles. The van der Waals surface area contributed by atoms with Gasteiger partial charge in [-0.25, -0.2) is 0 Å². The van der Waals surface area contributed by atoms with Gasteiger partial charge in [-0.2, -0.15) is 13.2 Å². The first-order valence-electron chi connectivity index (χ1n) is 5.82.